The molecule has 0 amide bonds. The van der Waals surface area contributed by atoms with Gasteiger partial charge in [0.05, 0.1) is 0 Å². The van der Waals surface area contributed by atoms with Crippen LogP contribution in [0, 0.1) is 6.57 Å². The fourth-order valence-corrected chi connectivity index (χ4v) is 0.298. The topological polar surface area (TPSA) is 41.7 Å². The molecule has 0 spiro atoms. The summed E-state index contributed by atoms with van der Waals surface area (Å²) in [4.78, 5) is 12.8. The van der Waals surface area contributed by atoms with Gasteiger partial charge in [0.25, 0.3) is 0 Å². The normalized spacial score (nSPS) is 12.0. The number of hydrogen-bond acceptors (Lipinski definition) is 1. The number of nitrogens with zero attached hydrogens (tertiary/aromatic N) is 1. The number of hydrogen-bond donors (Lipinski definition) is 1. The molecule has 0 aromatic carbocycles. The summed E-state index contributed by atoms with van der Waals surface area (Å²) in [6.45, 7) is 7.95. The van der Waals surface area contributed by atoms with Crippen LogP contribution in [0.15, 0.2) is 0 Å². The Labute approximate surface area is 47.8 Å². The van der Waals surface area contributed by atoms with Gasteiger partial charge in [0.1, 0.15) is 6.42 Å². The second-order valence-electron chi connectivity index (χ2n) is 1.58. The van der Waals surface area contributed by atoms with Gasteiger partial charge in [0, 0.05) is 6.92 Å². The van der Waals surface area contributed by atoms with E-state index < -0.39 is 5.97 Å². The molecule has 0 unspecified atom stereocenters. The Hall–Kier alpha value is -1.04. The predicted molar refractivity (Wildman–Crippen MR) is 28.3 cm³/mol. The predicted octanol–water partition coefficient (Wildman–Crippen LogP) is 0.769. The molecule has 44 valence electrons. The molecule has 0 aliphatic heterocycles. The Balaban J connectivity index is 3.43. The summed E-state index contributed by atoms with van der Waals surface area (Å²) in [5.41, 5.74) is 0. The SMILES string of the molecule is [C-]#[N+][C@H](C)CC(=O)O. The molecular formula is C5H7NO2. The molecule has 0 saturated heterocycles. The summed E-state index contributed by atoms with van der Waals surface area (Å²) in [5, 5.41) is 8.07. The quantitative estimate of drug-likeness (QED) is 0.537. The van der Waals surface area contributed by atoms with Crippen molar-refractivity contribution in [1.82, 2.24) is 0 Å². The number of carboxylic acid groups (broad SMARTS) is 1. The van der Waals surface area contributed by atoms with E-state index >= 15 is 0 Å². The second-order valence-corrected chi connectivity index (χ2v) is 1.58. The van der Waals surface area contributed by atoms with Crippen LogP contribution in [-0.2, 0) is 4.79 Å². The zero-order valence-electron chi connectivity index (χ0n) is 4.59. The van der Waals surface area contributed by atoms with E-state index in [9.17, 15) is 4.79 Å². The summed E-state index contributed by atoms with van der Waals surface area (Å²) in [6, 6.07) is -0.382. The zero-order chi connectivity index (χ0) is 6.57. The Morgan fingerprint density at radius 2 is 2.50 bits per heavy atom. The minimum Gasteiger partial charge on any atom is -0.481 e. The van der Waals surface area contributed by atoms with Crippen LogP contribution >= 0.6 is 0 Å². The maximum absolute atomic E-state index is 9.83. The lowest BCUT2D eigenvalue weighted by Crippen LogP contribution is -2.04. The Bertz CT molecular complexity index is 125. The van der Waals surface area contributed by atoms with E-state index in [1.165, 1.54) is 0 Å². The van der Waals surface area contributed by atoms with Gasteiger partial charge in [-0.05, 0) is 0 Å². The first-order valence-corrected chi connectivity index (χ1v) is 2.25. The molecule has 0 rings (SSSR count). The van der Waals surface area contributed by atoms with Crippen LogP contribution < -0.4 is 0 Å². The molecule has 3 heteroatoms. The molecular weight excluding hydrogens is 106 g/mol. The molecule has 0 heterocycles. The maximum atomic E-state index is 9.83. The molecule has 0 fully saturated rings. The van der Waals surface area contributed by atoms with E-state index in [1.807, 2.05) is 0 Å². The van der Waals surface area contributed by atoms with E-state index in [2.05, 4.69) is 4.85 Å². The minimum atomic E-state index is -0.909. The highest BCUT2D eigenvalue weighted by molar-refractivity contribution is 5.67. The van der Waals surface area contributed by atoms with Gasteiger partial charge in [-0.25, -0.2) is 6.57 Å². The lowest BCUT2D eigenvalue weighted by molar-refractivity contribution is -0.137. The van der Waals surface area contributed by atoms with Crippen molar-refractivity contribution in [2.24, 2.45) is 0 Å². The number of carboxylic acids is 1. The molecule has 0 saturated carbocycles. The van der Waals surface area contributed by atoms with Crippen molar-refractivity contribution in [1.29, 1.82) is 0 Å². The lowest BCUT2D eigenvalue weighted by atomic mass is 10.3. The largest absolute Gasteiger partial charge is 0.481 e. The molecule has 1 atom stereocenters. The van der Waals surface area contributed by atoms with E-state index in [0.29, 0.717) is 0 Å². The van der Waals surface area contributed by atoms with Crippen LogP contribution in [0.1, 0.15) is 13.3 Å². The van der Waals surface area contributed by atoms with Crippen LogP contribution in [0.4, 0.5) is 0 Å². The van der Waals surface area contributed by atoms with Gasteiger partial charge in [-0.15, -0.1) is 0 Å². The van der Waals surface area contributed by atoms with Crippen molar-refractivity contribution in [2.45, 2.75) is 19.4 Å². The van der Waals surface area contributed by atoms with Crippen molar-refractivity contribution < 1.29 is 9.90 Å². The summed E-state index contributed by atoms with van der Waals surface area (Å²) in [5.74, 6) is -0.909. The fraction of sp³-hybridized carbons (Fsp3) is 0.600. The molecule has 8 heavy (non-hydrogen) atoms. The molecule has 0 aromatic rings. The first-order valence-electron chi connectivity index (χ1n) is 2.25. The summed E-state index contributed by atoms with van der Waals surface area (Å²) >= 11 is 0. The first-order chi connectivity index (χ1) is 3.66. The molecule has 0 radical (unpaired) electrons. The summed E-state index contributed by atoms with van der Waals surface area (Å²) < 4.78 is 0. The van der Waals surface area contributed by atoms with Crippen LogP contribution in [-0.4, -0.2) is 17.1 Å². The third kappa shape index (κ3) is 3.16. The van der Waals surface area contributed by atoms with Crippen LogP contribution in [0.5, 0.6) is 0 Å². The maximum Gasteiger partial charge on any atom is 0.311 e. The average molecular weight is 113 g/mol. The van der Waals surface area contributed by atoms with E-state index in [0.717, 1.165) is 0 Å². The number of aliphatic carboxylic acids is 1. The van der Waals surface area contributed by atoms with E-state index in [-0.39, 0.29) is 12.5 Å². The zero-order valence-corrected chi connectivity index (χ0v) is 4.59. The van der Waals surface area contributed by atoms with E-state index in [1.54, 1.807) is 6.92 Å². The van der Waals surface area contributed by atoms with Crippen molar-refractivity contribution in [3.63, 3.8) is 0 Å². The Kier molecular flexibility index (Phi) is 2.63. The van der Waals surface area contributed by atoms with E-state index in [4.69, 9.17) is 11.7 Å². The summed E-state index contributed by atoms with van der Waals surface area (Å²) in [6.07, 6.45) is -0.0521. The molecule has 1 N–H and O–H groups in total. The van der Waals surface area contributed by atoms with Crippen molar-refractivity contribution >= 4 is 5.97 Å². The van der Waals surface area contributed by atoms with Crippen LogP contribution in [0.2, 0.25) is 0 Å². The van der Waals surface area contributed by atoms with Gasteiger partial charge >= 0.3 is 5.97 Å². The highest BCUT2D eigenvalue weighted by Gasteiger charge is 2.08. The third-order valence-electron chi connectivity index (χ3n) is 0.690. The van der Waals surface area contributed by atoms with Crippen LogP contribution in [0.3, 0.4) is 0 Å². The van der Waals surface area contributed by atoms with Gasteiger partial charge in [-0.2, -0.15) is 0 Å². The molecule has 3 nitrogen and oxygen atoms in total. The standard InChI is InChI=1S/C5H7NO2/c1-4(6-2)3-5(7)8/h4H,3H2,1H3,(H,7,8)/t4-/m1/s1. The highest BCUT2D eigenvalue weighted by atomic mass is 16.4. The monoisotopic (exact) mass is 113 g/mol. The number of carbonyl (C=O) groups is 1. The minimum absolute atomic E-state index is 0.0521. The molecule has 0 bridgehead atoms. The van der Waals surface area contributed by atoms with Crippen LogP contribution in [0.25, 0.3) is 4.85 Å². The van der Waals surface area contributed by atoms with Gasteiger partial charge in [0.2, 0.25) is 6.04 Å². The highest BCUT2D eigenvalue weighted by Crippen LogP contribution is 1.93. The second kappa shape index (κ2) is 3.03. The van der Waals surface area contributed by atoms with Crippen molar-refractivity contribution in [3.8, 4) is 0 Å². The number of rotatable bonds is 2. The third-order valence-corrected chi connectivity index (χ3v) is 0.690. The van der Waals surface area contributed by atoms with Crippen molar-refractivity contribution in [2.75, 3.05) is 0 Å². The van der Waals surface area contributed by atoms with Crippen molar-refractivity contribution in [3.05, 3.63) is 11.4 Å². The first kappa shape index (κ1) is 6.96. The lowest BCUT2D eigenvalue weighted by Gasteiger charge is -1.89. The Morgan fingerprint density at radius 3 is 2.62 bits per heavy atom. The molecule has 0 aliphatic carbocycles. The Morgan fingerprint density at radius 1 is 2.00 bits per heavy atom. The van der Waals surface area contributed by atoms with Gasteiger partial charge in [0.15, 0.2) is 0 Å². The van der Waals surface area contributed by atoms with Gasteiger partial charge in [-0.1, -0.05) is 0 Å². The average Bonchev–Trinajstić information content (AvgIpc) is 1.65. The van der Waals surface area contributed by atoms with Gasteiger partial charge in [-0.3, -0.25) is 4.79 Å². The summed E-state index contributed by atoms with van der Waals surface area (Å²) in [7, 11) is 0. The fourth-order valence-electron chi connectivity index (χ4n) is 0.298. The molecule has 0 aromatic heterocycles. The smallest absolute Gasteiger partial charge is 0.311 e. The molecule has 0 aliphatic rings. The van der Waals surface area contributed by atoms with Gasteiger partial charge < -0.3 is 9.95 Å².